The van der Waals surface area contributed by atoms with E-state index < -0.39 is 10.0 Å². The zero-order valence-electron chi connectivity index (χ0n) is 12.1. The highest BCUT2D eigenvalue weighted by atomic mass is 32.2. The van der Waals surface area contributed by atoms with Crippen molar-refractivity contribution < 1.29 is 12.8 Å². The Labute approximate surface area is 125 Å². The number of hydrogen-bond donors (Lipinski definition) is 0. The van der Waals surface area contributed by atoms with E-state index in [1.807, 2.05) is 19.1 Å². The van der Waals surface area contributed by atoms with Crippen LogP contribution < -0.4 is 0 Å². The van der Waals surface area contributed by atoms with Crippen LogP contribution in [0.15, 0.2) is 53.4 Å². The van der Waals surface area contributed by atoms with Gasteiger partial charge in [0, 0.05) is 13.6 Å². The van der Waals surface area contributed by atoms with Gasteiger partial charge in [0.2, 0.25) is 10.0 Å². The van der Waals surface area contributed by atoms with Crippen LogP contribution in [0.1, 0.15) is 18.1 Å². The molecule has 0 aliphatic carbocycles. The molecule has 0 saturated heterocycles. The molecule has 2 aromatic rings. The maximum absolute atomic E-state index is 13.2. The molecule has 2 rings (SSSR count). The van der Waals surface area contributed by atoms with Crippen LogP contribution in [-0.2, 0) is 23.0 Å². The SMILES string of the molecule is CCc1ccc(S(=O)(=O)N(C)Cc2cccc(F)c2)cc1. The van der Waals surface area contributed by atoms with Gasteiger partial charge in [-0.3, -0.25) is 0 Å². The standard InChI is InChI=1S/C16H18FNO2S/c1-3-13-7-9-16(10-8-13)21(19,20)18(2)12-14-5-4-6-15(17)11-14/h4-11H,3,12H2,1-2H3. The molecule has 0 N–H and O–H groups in total. The molecule has 0 saturated carbocycles. The van der Waals surface area contributed by atoms with E-state index in [0.717, 1.165) is 12.0 Å². The molecular weight excluding hydrogens is 289 g/mol. The third kappa shape index (κ3) is 3.68. The number of hydrogen-bond acceptors (Lipinski definition) is 2. The predicted octanol–water partition coefficient (Wildman–Crippen LogP) is 3.21. The molecule has 0 atom stereocenters. The summed E-state index contributed by atoms with van der Waals surface area (Å²) >= 11 is 0. The number of aryl methyl sites for hydroxylation is 1. The highest BCUT2D eigenvalue weighted by Crippen LogP contribution is 2.18. The van der Waals surface area contributed by atoms with Crippen LogP contribution in [0, 0.1) is 5.82 Å². The average molecular weight is 307 g/mol. The monoisotopic (exact) mass is 307 g/mol. The summed E-state index contributed by atoms with van der Waals surface area (Å²) in [6.07, 6.45) is 0.861. The van der Waals surface area contributed by atoms with Gasteiger partial charge < -0.3 is 0 Å². The lowest BCUT2D eigenvalue weighted by atomic mass is 10.2. The number of halogens is 1. The largest absolute Gasteiger partial charge is 0.243 e. The molecule has 0 aliphatic heterocycles. The Morgan fingerprint density at radius 3 is 2.29 bits per heavy atom. The van der Waals surface area contributed by atoms with Gasteiger partial charge in [0.15, 0.2) is 0 Å². The van der Waals surface area contributed by atoms with Crippen LogP contribution in [0.5, 0.6) is 0 Å². The van der Waals surface area contributed by atoms with E-state index in [1.54, 1.807) is 24.3 Å². The first-order chi connectivity index (χ1) is 9.93. The molecule has 0 spiro atoms. The molecular formula is C16H18FNO2S. The van der Waals surface area contributed by atoms with E-state index >= 15 is 0 Å². The predicted molar refractivity (Wildman–Crippen MR) is 80.9 cm³/mol. The number of rotatable bonds is 5. The Balaban J connectivity index is 2.21. The van der Waals surface area contributed by atoms with Crippen LogP contribution in [0.4, 0.5) is 4.39 Å². The first-order valence-electron chi connectivity index (χ1n) is 6.73. The van der Waals surface area contributed by atoms with E-state index in [2.05, 4.69) is 0 Å². The fourth-order valence-corrected chi connectivity index (χ4v) is 3.21. The van der Waals surface area contributed by atoms with E-state index in [1.165, 1.54) is 23.5 Å². The van der Waals surface area contributed by atoms with Crippen molar-refractivity contribution in [1.29, 1.82) is 0 Å². The first-order valence-corrected chi connectivity index (χ1v) is 8.17. The van der Waals surface area contributed by atoms with Gasteiger partial charge >= 0.3 is 0 Å². The average Bonchev–Trinajstić information content (AvgIpc) is 2.47. The topological polar surface area (TPSA) is 37.4 Å². The quantitative estimate of drug-likeness (QED) is 0.850. The van der Waals surface area contributed by atoms with Gasteiger partial charge in [-0.15, -0.1) is 0 Å². The number of nitrogens with zero attached hydrogens (tertiary/aromatic N) is 1. The van der Waals surface area contributed by atoms with Gasteiger partial charge in [0.05, 0.1) is 4.90 Å². The van der Waals surface area contributed by atoms with Crippen LogP contribution in [0.25, 0.3) is 0 Å². The van der Waals surface area contributed by atoms with Gasteiger partial charge in [0.1, 0.15) is 5.82 Å². The lowest BCUT2D eigenvalue weighted by molar-refractivity contribution is 0.465. The van der Waals surface area contributed by atoms with Crippen LogP contribution in [0.2, 0.25) is 0 Å². The van der Waals surface area contributed by atoms with Crippen molar-refractivity contribution >= 4 is 10.0 Å². The molecule has 0 amide bonds. The lowest BCUT2D eigenvalue weighted by Gasteiger charge is -2.17. The molecule has 3 nitrogen and oxygen atoms in total. The fourth-order valence-electron chi connectivity index (χ4n) is 2.05. The van der Waals surface area contributed by atoms with E-state index in [-0.39, 0.29) is 17.3 Å². The summed E-state index contributed by atoms with van der Waals surface area (Å²) in [6, 6.07) is 12.8. The summed E-state index contributed by atoms with van der Waals surface area (Å²) in [5.74, 6) is -0.370. The third-order valence-corrected chi connectivity index (χ3v) is 5.15. The molecule has 0 aromatic heterocycles. The molecule has 112 valence electrons. The smallest absolute Gasteiger partial charge is 0.207 e. The highest BCUT2D eigenvalue weighted by molar-refractivity contribution is 7.89. The van der Waals surface area contributed by atoms with Gasteiger partial charge in [-0.1, -0.05) is 31.2 Å². The maximum Gasteiger partial charge on any atom is 0.243 e. The second-order valence-electron chi connectivity index (χ2n) is 4.89. The molecule has 0 bridgehead atoms. The van der Waals surface area contributed by atoms with E-state index in [9.17, 15) is 12.8 Å². The zero-order chi connectivity index (χ0) is 15.5. The molecule has 0 fully saturated rings. The lowest BCUT2D eigenvalue weighted by Crippen LogP contribution is -2.26. The second-order valence-corrected chi connectivity index (χ2v) is 6.93. The van der Waals surface area contributed by atoms with Crippen molar-refractivity contribution in [3.8, 4) is 0 Å². The van der Waals surface area contributed by atoms with Crippen molar-refractivity contribution in [3.05, 3.63) is 65.5 Å². The minimum Gasteiger partial charge on any atom is -0.207 e. The molecule has 0 aliphatic rings. The number of benzene rings is 2. The Hall–Kier alpha value is -1.72. The third-order valence-electron chi connectivity index (χ3n) is 3.33. The molecule has 0 unspecified atom stereocenters. The van der Waals surface area contributed by atoms with Gasteiger partial charge in [-0.05, 0) is 41.8 Å². The minimum atomic E-state index is -3.56. The van der Waals surface area contributed by atoms with Crippen molar-refractivity contribution in [3.63, 3.8) is 0 Å². The van der Waals surface area contributed by atoms with Crippen LogP contribution in [0.3, 0.4) is 0 Å². The van der Waals surface area contributed by atoms with Crippen LogP contribution >= 0.6 is 0 Å². The summed E-state index contributed by atoms with van der Waals surface area (Å²) in [7, 11) is -2.07. The Morgan fingerprint density at radius 1 is 1.05 bits per heavy atom. The fraction of sp³-hybridized carbons (Fsp3) is 0.250. The summed E-state index contributed by atoms with van der Waals surface area (Å²) in [5, 5.41) is 0. The molecule has 0 heterocycles. The van der Waals surface area contributed by atoms with Gasteiger partial charge in [0.25, 0.3) is 0 Å². The normalized spacial score (nSPS) is 11.8. The minimum absolute atomic E-state index is 0.135. The van der Waals surface area contributed by atoms with Crippen molar-refractivity contribution in [2.24, 2.45) is 0 Å². The van der Waals surface area contributed by atoms with Gasteiger partial charge in [-0.2, -0.15) is 4.31 Å². The Kier molecular flexibility index (Phi) is 4.75. The summed E-state index contributed by atoms with van der Waals surface area (Å²) < 4.78 is 39.3. The molecule has 21 heavy (non-hydrogen) atoms. The molecule has 2 aromatic carbocycles. The van der Waals surface area contributed by atoms with Crippen molar-refractivity contribution in [1.82, 2.24) is 4.31 Å². The summed E-state index contributed by atoms with van der Waals surface area (Å²) in [4.78, 5) is 0.249. The summed E-state index contributed by atoms with van der Waals surface area (Å²) in [5.41, 5.74) is 1.70. The van der Waals surface area contributed by atoms with E-state index in [0.29, 0.717) is 5.56 Å². The summed E-state index contributed by atoms with van der Waals surface area (Å²) in [6.45, 7) is 2.15. The molecule has 0 radical (unpaired) electrons. The first kappa shape index (κ1) is 15.7. The van der Waals surface area contributed by atoms with Crippen molar-refractivity contribution in [2.75, 3.05) is 7.05 Å². The van der Waals surface area contributed by atoms with Crippen molar-refractivity contribution in [2.45, 2.75) is 24.8 Å². The Morgan fingerprint density at radius 2 is 1.71 bits per heavy atom. The Bertz CT molecular complexity index is 711. The van der Waals surface area contributed by atoms with E-state index in [4.69, 9.17) is 0 Å². The zero-order valence-corrected chi connectivity index (χ0v) is 12.9. The molecule has 5 heteroatoms. The van der Waals surface area contributed by atoms with Gasteiger partial charge in [-0.25, -0.2) is 12.8 Å². The number of sulfonamides is 1. The van der Waals surface area contributed by atoms with Crippen LogP contribution in [-0.4, -0.2) is 19.8 Å². The highest BCUT2D eigenvalue weighted by Gasteiger charge is 2.20. The second kappa shape index (κ2) is 6.37. The maximum atomic E-state index is 13.2.